The number of fused-ring (bicyclic) bond motifs is 2. The third-order valence-electron chi connectivity index (χ3n) is 8.11. The molecule has 0 aromatic carbocycles. The van der Waals surface area contributed by atoms with Crippen molar-refractivity contribution in [2.75, 3.05) is 0 Å². The second kappa shape index (κ2) is 4.06. The Bertz CT molecular complexity index is 482. The van der Waals surface area contributed by atoms with Crippen molar-refractivity contribution in [2.24, 2.45) is 34.5 Å². The highest BCUT2D eigenvalue weighted by molar-refractivity contribution is 5.76. The molecule has 3 bridgehead atoms. The minimum atomic E-state index is -0.335. The Labute approximate surface area is 129 Å². The monoisotopic (exact) mass is 290 g/mol. The molecule has 2 nitrogen and oxygen atoms in total. The van der Waals surface area contributed by atoms with E-state index in [0.717, 1.165) is 24.7 Å². The maximum atomic E-state index is 12.7. The lowest BCUT2D eigenvalue weighted by Gasteiger charge is -2.54. The van der Waals surface area contributed by atoms with Crippen LogP contribution in [0.5, 0.6) is 0 Å². The SMILES string of the molecule is CCC(C)(C)C(=O)OC1(CC)C2CC3CC4CC1C4(C3)C2. The van der Waals surface area contributed by atoms with E-state index in [-0.39, 0.29) is 17.0 Å². The molecule has 6 unspecified atom stereocenters. The summed E-state index contributed by atoms with van der Waals surface area (Å²) in [6, 6.07) is 0. The highest BCUT2D eigenvalue weighted by atomic mass is 16.6. The first-order valence-electron chi connectivity index (χ1n) is 9.11. The molecular formula is C19H30O2. The Morgan fingerprint density at radius 3 is 2.52 bits per heavy atom. The molecule has 4 saturated carbocycles. The fourth-order valence-corrected chi connectivity index (χ4v) is 6.62. The highest BCUT2D eigenvalue weighted by Crippen LogP contribution is 2.79. The van der Waals surface area contributed by atoms with E-state index in [0.29, 0.717) is 17.3 Å². The fraction of sp³-hybridized carbons (Fsp3) is 0.947. The molecule has 0 amide bonds. The maximum Gasteiger partial charge on any atom is 0.312 e. The Morgan fingerprint density at radius 1 is 1.14 bits per heavy atom. The Hall–Kier alpha value is -0.530. The van der Waals surface area contributed by atoms with Crippen LogP contribution in [0, 0.1) is 34.5 Å². The van der Waals surface area contributed by atoms with Gasteiger partial charge in [-0.3, -0.25) is 4.79 Å². The van der Waals surface area contributed by atoms with Crippen LogP contribution >= 0.6 is 0 Å². The first kappa shape index (κ1) is 14.1. The van der Waals surface area contributed by atoms with Gasteiger partial charge in [-0.05, 0) is 82.0 Å². The molecule has 2 heteroatoms. The lowest BCUT2D eigenvalue weighted by molar-refractivity contribution is -0.194. The van der Waals surface area contributed by atoms with Gasteiger partial charge < -0.3 is 4.74 Å². The van der Waals surface area contributed by atoms with Crippen molar-refractivity contribution in [1.82, 2.24) is 0 Å². The molecule has 1 spiro atoms. The van der Waals surface area contributed by atoms with Crippen LogP contribution in [0.15, 0.2) is 0 Å². The van der Waals surface area contributed by atoms with Crippen molar-refractivity contribution < 1.29 is 9.53 Å². The van der Waals surface area contributed by atoms with E-state index in [1.807, 2.05) is 13.8 Å². The van der Waals surface area contributed by atoms with Crippen LogP contribution in [-0.2, 0) is 9.53 Å². The number of hydrogen-bond donors (Lipinski definition) is 0. The van der Waals surface area contributed by atoms with E-state index < -0.39 is 0 Å². The molecule has 4 aliphatic rings. The molecule has 0 aromatic rings. The Kier molecular flexibility index (Phi) is 2.72. The number of hydrogen-bond acceptors (Lipinski definition) is 2. The summed E-state index contributed by atoms with van der Waals surface area (Å²) in [6.07, 6.45) is 8.80. The molecule has 4 aliphatic carbocycles. The van der Waals surface area contributed by atoms with Gasteiger partial charge in [-0.2, -0.15) is 0 Å². The average Bonchev–Trinajstić information content (AvgIpc) is 2.73. The van der Waals surface area contributed by atoms with E-state index in [9.17, 15) is 4.79 Å². The van der Waals surface area contributed by atoms with Gasteiger partial charge >= 0.3 is 5.97 Å². The van der Waals surface area contributed by atoms with E-state index in [1.54, 1.807) is 0 Å². The minimum Gasteiger partial charge on any atom is -0.458 e. The van der Waals surface area contributed by atoms with Crippen molar-refractivity contribution in [3.63, 3.8) is 0 Å². The molecule has 0 heterocycles. The van der Waals surface area contributed by atoms with Crippen LogP contribution in [0.1, 0.15) is 72.6 Å². The molecule has 0 saturated heterocycles. The number of carbonyl (C=O) groups excluding carboxylic acids is 1. The standard InChI is InChI=1S/C19H30O2/c1-5-17(3,4)16(20)21-19(6-2)14-8-12-7-13-9-15(19)18(13,10-12)11-14/h12-15H,5-11H2,1-4H3. The lowest BCUT2D eigenvalue weighted by Crippen LogP contribution is -2.54. The van der Waals surface area contributed by atoms with Gasteiger partial charge in [-0.1, -0.05) is 13.8 Å². The maximum absolute atomic E-state index is 12.7. The third kappa shape index (κ3) is 1.52. The van der Waals surface area contributed by atoms with Crippen LogP contribution in [0.25, 0.3) is 0 Å². The molecule has 0 aliphatic heterocycles. The Balaban J connectivity index is 1.65. The van der Waals surface area contributed by atoms with Crippen molar-refractivity contribution in [3.8, 4) is 0 Å². The molecule has 6 atom stereocenters. The average molecular weight is 290 g/mol. The molecule has 0 radical (unpaired) electrons. The molecule has 21 heavy (non-hydrogen) atoms. The van der Waals surface area contributed by atoms with E-state index in [1.165, 1.54) is 32.1 Å². The summed E-state index contributed by atoms with van der Waals surface area (Å²) < 4.78 is 6.38. The zero-order valence-corrected chi connectivity index (χ0v) is 14.1. The summed E-state index contributed by atoms with van der Waals surface area (Å²) in [5, 5.41) is 0. The summed E-state index contributed by atoms with van der Waals surface area (Å²) in [4.78, 5) is 12.7. The second-order valence-electron chi connectivity index (χ2n) is 9.10. The second-order valence-corrected chi connectivity index (χ2v) is 9.10. The number of esters is 1. The quantitative estimate of drug-likeness (QED) is 0.709. The zero-order chi connectivity index (χ0) is 15.0. The first-order valence-corrected chi connectivity index (χ1v) is 9.11. The number of carbonyl (C=O) groups is 1. The topological polar surface area (TPSA) is 26.3 Å². The number of rotatable bonds is 4. The summed E-state index contributed by atoms with van der Waals surface area (Å²) >= 11 is 0. The van der Waals surface area contributed by atoms with Crippen LogP contribution in [0.3, 0.4) is 0 Å². The Morgan fingerprint density at radius 2 is 1.86 bits per heavy atom. The van der Waals surface area contributed by atoms with Gasteiger partial charge in [0.1, 0.15) is 5.60 Å². The van der Waals surface area contributed by atoms with Gasteiger partial charge in [0, 0.05) is 5.92 Å². The van der Waals surface area contributed by atoms with Gasteiger partial charge in [0.05, 0.1) is 5.41 Å². The van der Waals surface area contributed by atoms with E-state index in [4.69, 9.17) is 4.74 Å². The van der Waals surface area contributed by atoms with Gasteiger partial charge in [-0.15, -0.1) is 0 Å². The van der Waals surface area contributed by atoms with Crippen LogP contribution in [-0.4, -0.2) is 11.6 Å². The fourth-order valence-electron chi connectivity index (χ4n) is 6.62. The van der Waals surface area contributed by atoms with Crippen molar-refractivity contribution in [2.45, 2.75) is 78.2 Å². The van der Waals surface area contributed by atoms with Gasteiger partial charge in [0.25, 0.3) is 0 Å². The highest BCUT2D eigenvalue weighted by Gasteiger charge is 2.76. The summed E-state index contributed by atoms with van der Waals surface area (Å²) in [5.74, 6) is 3.27. The lowest BCUT2D eigenvalue weighted by atomic mass is 9.53. The molecule has 4 fully saturated rings. The molecule has 0 aromatic heterocycles. The zero-order valence-electron chi connectivity index (χ0n) is 14.1. The predicted molar refractivity (Wildman–Crippen MR) is 82.7 cm³/mol. The van der Waals surface area contributed by atoms with Crippen molar-refractivity contribution in [3.05, 3.63) is 0 Å². The molecular weight excluding hydrogens is 260 g/mol. The summed E-state index contributed by atoms with van der Waals surface area (Å²) in [5.41, 5.74) is 0.133. The van der Waals surface area contributed by atoms with Gasteiger partial charge in [-0.25, -0.2) is 0 Å². The molecule has 0 N–H and O–H groups in total. The number of ether oxygens (including phenoxy) is 1. The minimum absolute atomic E-state index is 0.0510. The third-order valence-corrected chi connectivity index (χ3v) is 8.11. The molecule has 4 rings (SSSR count). The van der Waals surface area contributed by atoms with E-state index >= 15 is 0 Å². The van der Waals surface area contributed by atoms with Gasteiger partial charge in [0.2, 0.25) is 0 Å². The smallest absolute Gasteiger partial charge is 0.312 e. The van der Waals surface area contributed by atoms with E-state index in [2.05, 4.69) is 13.8 Å². The summed E-state index contributed by atoms with van der Waals surface area (Å²) in [6.45, 7) is 8.42. The first-order chi connectivity index (χ1) is 9.88. The van der Waals surface area contributed by atoms with Gasteiger partial charge in [0.15, 0.2) is 0 Å². The summed E-state index contributed by atoms with van der Waals surface area (Å²) in [7, 11) is 0. The predicted octanol–water partition coefficient (Wildman–Crippen LogP) is 4.57. The van der Waals surface area contributed by atoms with Crippen LogP contribution < -0.4 is 0 Å². The van der Waals surface area contributed by atoms with Crippen molar-refractivity contribution in [1.29, 1.82) is 0 Å². The molecule has 118 valence electrons. The largest absolute Gasteiger partial charge is 0.458 e. The van der Waals surface area contributed by atoms with Crippen LogP contribution in [0.2, 0.25) is 0 Å². The van der Waals surface area contributed by atoms with Crippen molar-refractivity contribution >= 4 is 5.97 Å². The normalized spacial score (nSPS) is 49.9. The van der Waals surface area contributed by atoms with Crippen LogP contribution in [0.4, 0.5) is 0 Å².